The number of hydrogen-bond acceptors (Lipinski definition) is 9. The Hall–Kier alpha value is -4.04. The second kappa shape index (κ2) is 8.07. The van der Waals surface area contributed by atoms with Gasteiger partial charge in [-0.15, -0.1) is 0 Å². The Morgan fingerprint density at radius 2 is 1.88 bits per heavy atom. The first kappa shape index (κ1) is 21.8. The Morgan fingerprint density at radius 1 is 1.12 bits per heavy atom. The average molecular weight is 474 g/mol. The summed E-state index contributed by atoms with van der Waals surface area (Å²) >= 11 is 6.36. The van der Waals surface area contributed by atoms with Gasteiger partial charge in [0.2, 0.25) is 5.95 Å². The van der Waals surface area contributed by atoms with Crippen molar-refractivity contribution >= 4 is 34.3 Å². The molecule has 4 aromatic rings. The van der Waals surface area contributed by atoms with Gasteiger partial charge in [-0.2, -0.15) is 10.2 Å². The summed E-state index contributed by atoms with van der Waals surface area (Å²) in [7, 11) is 0. The van der Waals surface area contributed by atoms with Crippen LogP contribution in [0.25, 0.3) is 16.6 Å². The van der Waals surface area contributed by atoms with Gasteiger partial charge in [-0.3, -0.25) is 9.36 Å². The van der Waals surface area contributed by atoms with Gasteiger partial charge in [-0.25, -0.2) is 9.97 Å². The van der Waals surface area contributed by atoms with E-state index in [-0.39, 0.29) is 41.5 Å². The number of halogens is 1. The maximum Gasteiger partial charge on any atom is 0.267 e. The number of nitrogens with one attached hydrogen (secondary N) is 1. The van der Waals surface area contributed by atoms with Crippen LogP contribution in [0.5, 0.6) is 0 Å². The lowest BCUT2D eigenvalue weighted by Crippen LogP contribution is -2.41. The minimum Gasteiger partial charge on any atom is -0.382 e. The van der Waals surface area contributed by atoms with E-state index in [0.29, 0.717) is 27.4 Å². The lowest BCUT2D eigenvalue weighted by atomic mass is 9.89. The lowest BCUT2D eigenvalue weighted by Gasteiger charge is -2.24. The van der Waals surface area contributed by atoms with Crippen molar-refractivity contribution in [1.29, 1.82) is 5.26 Å². The number of hydrogen-bond donors (Lipinski definition) is 4. The third-order valence-corrected chi connectivity index (χ3v) is 6.28. The second-order valence-electron chi connectivity index (χ2n) is 8.18. The standard InChI is InChI=1S/C23H20ClN9O/c24-14-7-4-8-15-17(14)21(34)33(12-5-2-1-3-6-12)20(30-15)16-9-23(28,11-29-16)18-13(10-25)19(26)32-22(27)31-18/h1-8,16,29H,9,11,28H2,(H4,26,27,31,32)/t16-,23-/m0/s1. The Balaban J connectivity index is 1.68. The van der Waals surface area contributed by atoms with Crippen LogP contribution in [0.4, 0.5) is 11.8 Å². The summed E-state index contributed by atoms with van der Waals surface area (Å²) in [4.78, 5) is 26.5. The molecule has 5 rings (SSSR count). The number of aromatic nitrogens is 4. The van der Waals surface area contributed by atoms with Crippen LogP contribution in [0.3, 0.4) is 0 Å². The van der Waals surface area contributed by atoms with Gasteiger partial charge in [-0.1, -0.05) is 35.9 Å². The van der Waals surface area contributed by atoms with Crippen molar-refractivity contribution in [2.24, 2.45) is 5.73 Å². The first-order valence-corrected chi connectivity index (χ1v) is 10.8. The summed E-state index contributed by atoms with van der Waals surface area (Å²) in [6.07, 6.45) is 0.281. The highest BCUT2D eigenvalue weighted by Gasteiger charge is 2.43. The van der Waals surface area contributed by atoms with Gasteiger partial charge in [-0.05, 0) is 30.7 Å². The highest BCUT2D eigenvalue weighted by atomic mass is 35.5. The van der Waals surface area contributed by atoms with Crippen LogP contribution >= 0.6 is 11.6 Å². The summed E-state index contributed by atoms with van der Waals surface area (Å²) < 4.78 is 1.53. The number of benzene rings is 2. The Bertz CT molecular complexity index is 1530. The molecule has 0 spiro atoms. The van der Waals surface area contributed by atoms with E-state index < -0.39 is 11.6 Å². The molecule has 0 bridgehead atoms. The van der Waals surface area contributed by atoms with Gasteiger partial charge in [0.15, 0.2) is 0 Å². The van der Waals surface area contributed by atoms with Crippen LogP contribution < -0.4 is 28.1 Å². The van der Waals surface area contributed by atoms with Gasteiger partial charge in [0.05, 0.1) is 38.9 Å². The minimum absolute atomic E-state index is 0.0297. The molecule has 0 saturated carbocycles. The number of para-hydroxylation sites is 1. The van der Waals surface area contributed by atoms with E-state index >= 15 is 0 Å². The fourth-order valence-corrected chi connectivity index (χ4v) is 4.66. The zero-order valence-electron chi connectivity index (χ0n) is 17.9. The molecule has 1 aliphatic heterocycles. The van der Waals surface area contributed by atoms with Gasteiger partial charge in [0.25, 0.3) is 5.56 Å². The largest absolute Gasteiger partial charge is 0.382 e. The topological polar surface area (TPSA) is 175 Å². The van der Waals surface area contributed by atoms with Crippen molar-refractivity contribution in [1.82, 2.24) is 24.8 Å². The number of anilines is 2. The molecule has 1 aliphatic rings. The molecule has 170 valence electrons. The number of nitrogens with zero attached hydrogens (tertiary/aromatic N) is 5. The Morgan fingerprint density at radius 3 is 2.62 bits per heavy atom. The molecule has 2 atom stereocenters. The zero-order valence-corrected chi connectivity index (χ0v) is 18.6. The summed E-state index contributed by atoms with van der Waals surface area (Å²) in [5.74, 6) is 0.365. The molecule has 11 heteroatoms. The molecular formula is C23H20ClN9O. The van der Waals surface area contributed by atoms with E-state index in [0.717, 1.165) is 0 Å². The van der Waals surface area contributed by atoms with Gasteiger partial charge in [0.1, 0.15) is 23.3 Å². The zero-order chi connectivity index (χ0) is 24.0. The van der Waals surface area contributed by atoms with E-state index in [1.807, 2.05) is 36.4 Å². The van der Waals surface area contributed by atoms with Crippen molar-refractivity contribution in [3.8, 4) is 11.8 Å². The monoisotopic (exact) mass is 473 g/mol. The van der Waals surface area contributed by atoms with Crippen molar-refractivity contribution in [2.75, 3.05) is 18.0 Å². The molecule has 1 fully saturated rings. The van der Waals surface area contributed by atoms with Crippen LogP contribution in [0.1, 0.15) is 29.5 Å². The molecule has 7 N–H and O–H groups in total. The molecule has 1 saturated heterocycles. The third-order valence-electron chi connectivity index (χ3n) is 5.97. The Labute approximate surface area is 199 Å². The van der Waals surface area contributed by atoms with Gasteiger partial charge in [0, 0.05) is 6.54 Å². The van der Waals surface area contributed by atoms with Gasteiger partial charge >= 0.3 is 0 Å². The van der Waals surface area contributed by atoms with E-state index in [1.165, 1.54) is 4.57 Å². The first-order valence-electron chi connectivity index (χ1n) is 10.4. The molecular weight excluding hydrogens is 454 g/mol. The maximum atomic E-state index is 13.6. The average Bonchev–Trinajstić information content (AvgIpc) is 3.22. The van der Waals surface area contributed by atoms with Crippen molar-refractivity contribution < 1.29 is 0 Å². The fourth-order valence-electron chi connectivity index (χ4n) is 4.41. The normalized spacial score (nSPS) is 19.9. The minimum atomic E-state index is -1.09. The molecule has 0 unspecified atom stereocenters. The van der Waals surface area contributed by atoms with E-state index in [4.69, 9.17) is 33.8 Å². The van der Waals surface area contributed by atoms with Crippen LogP contribution in [-0.2, 0) is 5.54 Å². The number of nitrogens with two attached hydrogens (primary N) is 3. The molecule has 0 aliphatic carbocycles. The predicted molar refractivity (Wildman–Crippen MR) is 129 cm³/mol. The highest BCUT2D eigenvalue weighted by Crippen LogP contribution is 2.37. The number of fused-ring (bicyclic) bond motifs is 1. The quantitative estimate of drug-likeness (QED) is 0.345. The highest BCUT2D eigenvalue weighted by molar-refractivity contribution is 6.35. The van der Waals surface area contributed by atoms with Crippen LogP contribution in [0.15, 0.2) is 53.3 Å². The van der Waals surface area contributed by atoms with E-state index in [9.17, 15) is 10.1 Å². The molecule has 34 heavy (non-hydrogen) atoms. The summed E-state index contributed by atoms with van der Waals surface area (Å²) in [6, 6.07) is 15.9. The van der Waals surface area contributed by atoms with Crippen LogP contribution in [-0.4, -0.2) is 26.1 Å². The molecule has 2 aromatic heterocycles. The van der Waals surface area contributed by atoms with Crippen molar-refractivity contribution in [3.05, 3.63) is 81.0 Å². The molecule has 0 radical (unpaired) electrons. The van der Waals surface area contributed by atoms with Crippen molar-refractivity contribution in [3.63, 3.8) is 0 Å². The summed E-state index contributed by atoms with van der Waals surface area (Å²) in [5, 5.41) is 13.6. The Kier molecular flexibility index (Phi) is 5.17. The van der Waals surface area contributed by atoms with Crippen LogP contribution in [0, 0.1) is 11.3 Å². The number of rotatable bonds is 3. The first-order chi connectivity index (χ1) is 16.3. The van der Waals surface area contributed by atoms with Crippen LogP contribution in [0.2, 0.25) is 5.02 Å². The van der Waals surface area contributed by atoms with E-state index in [2.05, 4.69) is 15.3 Å². The fraction of sp³-hybridized carbons (Fsp3) is 0.174. The van der Waals surface area contributed by atoms with Crippen molar-refractivity contribution in [2.45, 2.75) is 18.0 Å². The van der Waals surface area contributed by atoms with E-state index in [1.54, 1.807) is 18.2 Å². The molecule has 2 aromatic carbocycles. The lowest BCUT2D eigenvalue weighted by molar-refractivity contribution is 0.459. The number of nitriles is 1. The summed E-state index contributed by atoms with van der Waals surface area (Å²) in [5.41, 5.74) is 18.5. The smallest absolute Gasteiger partial charge is 0.267 e. The maximum absolute atomic E-state index is 13.6. The molecule has 3 heterocycles. The third kappa shape index (κ3) is 3.43. The second-order valence-corrected chi connectivity index (χ2v) is 8.58. The summed E-state index contributed by atoms with van der Waals surface area (Å²) in [6.45, 7) is 0.250. The number of nitrogen functional groups attached to an aromatic ring is 2. The predicted octanol–water partition coefficient (Wildman–Crippen LogP) is 1.75. The molecule has 10 nitrogen and oxygen atoms in total. The SMILES string of the molecule is N#Cc1c(N)nc(N)nc1[C@@]1(N)CN[C@H](c2nc3cccc(Cl)c3c(=O)n2-c2ccccc2)C1. The van der Waals surface area contributed by atoms with Gasteiger partial charge < -0.3 is 22.5 Å². The molecule has 0 amide bonds.